The average Bonchev–Trinajstić information content (AvgIpc) is 3.44. The standard InChI is InChI=1S/C25H22N6O4S/c1-14(32)27-25-29-19-9-8-18-22(15-3-2-12-26-13-15)30-31(23(18)24(19)36-25)17-6-4-16(5-7-17)28-20(33)10-11-21(34)35/h2-7,12-13H,8-11H2,1H3,(H,28,33)(H,34,35)(H,27,29,32). The molecule has 11 heteroatoms. The first kappa shape index (κ1) is 23.4. The van der Waals surface area contributed by atoms with E-state index < -0.39 is 5.97 Å². The van der Waals surface area contributed by atoms with E-state index in [1.54, 1.807) is 24.5 Å². The minimum absolute atomic E-state index is 0.0942. The molecule has 4 aromatic rings. The molecule has 0 fully saturated rings. The van der Waals surface area contributed by atoms with Crippen molar-refractivity contribution in [2.45, 2.75) is 32.6 Å². The van der Waals surface area contributed by atoms with Crippen LogP contribution in [0.15, 0.2) is 48.8 Å². The number of aromatic nitrogens is 4. The Morgan fingerprint density at radius 2 is 1.89 bits per heavy atom. The van der Waals surface area contributed by atoms with E-state index in [-0.39, 0.29) is 24.7 Å². The molecule has 182 valence electrons. The van der Waals surface area contributed by atoms with Crippen LogP contribution >= 0.6 is 11.3 Å². The van der Waals surface area contributed by atoms with Crippen LogP contribution in [-0.4, -0.2) is 42.6 Å². The highest BCUT2D eigenvalue weighted by Gasteiger charge is 2.30. The third kappa shape index (κ3) is 4.73. The molecule has 0 unspecified atom stereocenters. The van der Waals surface area contributed by atoms with Gasteiger partial charge in [-0.1, -0.05) is 11.3 Å². The smallest absolute Gasteiger partial charge is 0.303 e. The summed E-state index contributed by atoms with van der Waals surface area (Å²) in [5, 5.41) is 19.8. The molecule has 0 saturated heterocycles. The van der Waals surface area contributed by atoms with Gasteiger partial charge in [-0.3, -0.25) is 19.4 Å². The highest BCUT2D eigenvalue weighted by atomic mass is 32.1. The normalized spacial score (nSPS) is 11.9. The number of carboxylic acids is 1. The number of aryl methyl sites for hydroxylation is 1. The quantitative estimate of drug-likeness (QED) is 0.348. The second kappa shape index (κ2) is 9.70. The van der Waals surface area contributed by atoms with Gasteiger partial charge in [-0.25, -0.2) is 9.67 Å². The van der Waals surface area contributed by atoms with Gasteiger partial charge >= 0.3 is 5.97 Å². The van der Waals surface area contributed by atoms with Crippen LogP contribution in [0, 0.1) is 0 Å². The number of benzene rings is 1. The van der Waals surface area contributed by atoms with Gasteiger partial charge in [0.25, 0.3) is 0 Å². The van der Waals surface area contributed by atoms with Gasteiger partial charge in [-0.05, 0) is 49.2 Å². The maximum Gasteiger partial charge on any atom is 0.303 e. The third-order valence-corrected chi connectivity index (χ3v) is 6.71. The summed E-state index contributed by atoms with van der Waals surface area (Å²) in [5.41, 5.74) is 6.01. The van der Waals surface area contributed by atoms with Crippen molar-refractivity contribution >= 4 is 39.9 Å². The van der Waals surface area contributed by atoms with Crippen LogP contribution < -0.4 is 10.6 Å². The predicted octanol–water partition coefficient (Wildman–Crippen LogP) is 3.92. The van der Waals surface area contributed by atoms with E-state index in [9.17, 15) is 14.4 Å². The molecule has 36 heavy (non-hydrogen) atoms. The molecule has 0 atom stereocenters. The topological polar surface area (TPSA) is 139 Å². The van der Waals surface area contributed by atoms with Gasteiger partial charge in [0.05, 0.1) is 34.1 Å². The zero-order chi connectivity index (χ0) is 25.2. The van der Waals surface area contributed by atoms with Crippen molar-refractivity contribution in [2.75, 3.05) is 10.6 Å². The van der Waals surface area contributed by atoms with E-state index in [1.807, 2.05) is 28.9 Å². The molecule has 3 aromatic heterocycles. The van der Waals surface area contributed by atoms with Crippen LogP contribution in [0.5, 0.6) is 0 Å². The number of carboxylic acid groups (broad SMARTS) is 1. The SMILES string of the molecule is CC(=O)Nc1nc2c(s1)-c1c(c(-c3cccnc3)nn1-c1ccc(NC(=O)CCC(=O)O)cc1)CC2. The van der Waals surface area contributed by atoms with E-state index in [0.29, 0.717) is 10.8 Å². The average molecular weight is 503 g/mol. The Kier molecular flexibility index (Phi) is 6.30. The monoisotopic (exact) mass is 502 g/mol. The van der Waals surface area contributed by atoms with Gasteiger partial charge in [0.15, 0.2) is 5.13 Å². The third-order valence-electron chi connectivity index (χ3n) is 5.69. The maximum absolute atomic E-state index is 12.0. The van der Waals surface area contributed by atoms with Gasteiger partial charge in [0.2, 0.25) is 11.8 Å². The van der Waals surface area contributed by atoms with Crippen molar-refractivity contribution in [2.24, 2.45) is 0 Å². The van der Waals surface area contributed by atoms with E-state index in [2.05, 4.69) is 20.6 Å². The lowest BCUT2D eigenvalue weighted by molar-refractivity contribution is -0.138. The first-order valence-corrected chi connectivity index (χ1v) is 12.1. The Morgan fingerprint density at radius 3 is 2.58 bits per heavy atom. The molecule has 3 heterocycles. The number of rotatable bonds is 7. The Labute approximate surface area is 210 Å². The molecule has 1 aliphatic rings. The number of anilines is 2. The lowest BCUT2D eigenvalue weighted by atomic mass is 9.95. The van der Waals surface area contributed by atoms with E-state index in [1.165, 1.54) is 18.3 Å². The van der Waals surface area contributed by atoms with E-state index in [4.69, 9.17) is 10.2 Å². The Bertz CT molecular complexity index is 1460. The largest absolute Gasteiger partial charge is 0.481 e. The van der Waals surface area contributed by atoms with Crippen LogP contribution in [0.2, 0.25) is 0 Å². The van der Waals surface area contributed by atoms with Crippen LogP contribution in [0.1, 0.15) is 31.0 Å². The lowest BCUT2D eigenvalue weighted by Crippen LogP contribution is -2.13. The van der Waals surface area contributed by atoms with Crippen molar-refractivity contribution < 1.29 is 19.5 Å². The number of fused-ring (bicyclic) bond motifs is 3. The number of thiazole rings is 1. The van der Waals surface area contributed by atoms with Gasteiger partial charge in [-0.15, -0.1) is 0 Å². The highest BCUT2D eigenvalue weighted by Crippen LogP contribution is 2.44. The van der Waals surface area contributed by atoms with Gasteiger partial charge in [0, 0.05) is 42.6 Å². The minimum atomic E-state index is -1.02. The van der Waals surface area contributed by atoms with Crippen LogP contribution in [0.3, 0.4) is 0 Å². The van der Waals surface area contributed by atoms with Crippen molar-refractivity contribution in [1.82, 2.24) is 19.7 Å². The summed E-state index contributed by atoms with van der Waals surface area (Å²) in [6.07, 6.45) is 4.67. The molecular weight excluding hydrogens is 480 g/mol. The summed E-state index contributed by atoms with van der Waals surface area (Å²) in [6.45, 7) is 1.46. The second-order valence-electron chi connectivity index (χ2n) is 8.29. The maximum atomic E-state index is 12.0. The van der Waals surface area contributed by atoms with Crippen molar-refractivity contribution in [3.05, 3.63) is 60.0 Å². The Hall–Kier alpha value is -4.38. The minimum Gasteiger partial charge on any atom is -0.481 e. The molecule has 1 aromatic carbocycles. The lowest BCUT2D eigenvalue weighted by Gasteiger charge is -2.14. The fourth-order valence-electron chi connectivity index (χ4n) is 4.13. The Balaban J connectivity index is 1.54. The molecule has 0 saturated carbocycles. The summed E-state index contributed by atoms with van der Waals surface area (Å²) in [5.74, 6) is -1.55. The van der Waals surface area contributed by atoms with Crippen molar-refractivity contribution in [3.63, 3.8) is 0 Å². The first-order chi connectivity index (χ1) is 17.4. The molecule has 2 amide bonds. The number of amides is 2. The fraction of sp³-hybridized carbons (Fsp3) is 0.200. The Morgan fingerprint density at radius 1 is 1.08 bits per heavy atom. The highest BCUT2D eigenvalue weighted by molar-refractivity contribution is 7.19. The molecular formula is C25H22N6O4S. The predicted molar refractivity (Wildman–Crippen MR) is 135 cm³/mol. The summed E-state index contributed by atoms with van der Waals surface area (Å²) in [6, 6.07) is 11.0. The summed E-state index contributed by atoms with van der Waals surface area (Å²) in [4.78, 5) is 44.1. The number of aliphatic carboxylic acids is 1. The number of nitrogens with zero attached hydrogens (tertiary/aromatic N) is 4. The zero-order valence-electron chi connectivity index (χ0n) is 19.3. The number of nitrogens with one attached hydrogen (secondary N) is 2. The second-order valence-corrected chi connectivity index (χ2v) is 9.29. The molecule has 0 radical (unpaired) electrons. The van der Waals surface area contributed by atoms with Gasteiger partial charge in [0.1, 0.15) is 0 Å². The molecule has 10 nitrogen and oxygen atoms in total. The molecule has 0 aliphatic heterocycles. The molecule has 0 spiro atoms. The molecule has 1 aliphatic carbocycles. The number of pyridine rings is 1. The number of carbonyl (C=O) groups excluding carboxylic acids is 2. The van der Waals surface area contributed by atoms with Gasteiger partial charge in [-0.2, -0.15) is 5.10 Å². The zero-order valence-corrected chi connectivity index (χ0v) is 20.1. The number of hydrogen-bond donors (Lipinski definition) is 3. The molecule has 5 rings (SSSR count). The van der Waals surface area contributed by atoms with Crippen molar-refractivity contribution in [1.29, 1.82) is 0 Å². The fourth-order valence-corrected chi connectivity index (χ4v) is 5.24. The first-order valence-electron chi connectivity index (χ1n) is 11.3. The van der Waals surface area contributed by atoms with Crippen LogP contribution in [0.4, 0.5) is 10.8 Å². The number of hydrogen-bond acceptors (Lipinski definition) is 7. The van der Waals surface area contributed by atoms with Gasteiger partial charge < -0.3 is 15.7 Å². The molecule has 0 bridgehead atoms. The summed E-state index contributed by atoms with van der Waals surface area (Å²) >= 11 is 1.42. The van der Waals surface area contributed by atoms with Crippen LogP contribution in [0.25, 0.3) is 27.5 Å². The number of carbonyl (C=O) groups is 3. The summed E-state index contributed by atoms with van der Waals surface area (Å²) < 4.78 is 1.86. The van der Waals surface area contributed by atoms with E-state index >= 15 is 0 Å². The van der Waals surface area contributed by atoms with Crippen LogP contribution in [-0.2, 0) is 27.2 Å². The molecule has 3 N–H and O–H groups in total. The summed E-state index contributed by atoms with van der Waals surface area (Å²) in [7, 11) is 0. The van der Waals surface area contributed by atoms with Crippen molar-refractivity contribution in [3.8, 4) is 27.5 Å². The van der Waals surface area contributed by atoms with E-state index in [0.717, 1.165) is 51.6 Å².